The van der Waals surface area contributed by atoms with Gasteiger partial charge in [0.05, 0.1) is 0 Å². The summed E-state index contributed by atoms with van der Waals surface area (Å²) in [5, 5.41) is 17.7. The second kappa shape index (κ2) is 7.65. The smallest absolute Gasteiger partial charge is 0.249 e. The Hall–Kier alpha value is -3.10. The van der Waals surface area contributed by atoms with Crippen LogP contribution in [-0.4, -0.2) is 36.3 Å². The quantitative estimate of drug-likeness (QED) is 0.696. The van der Waals surface area contributed by atoms with Crippen molar-refractivity contribution < 1.29 is 9.32 Å². The van der Waals surface area contributed by atoms with Crippen LogP contribution in [0.15, 0.2) is 35.1 Å². The minimum Gasteiger partial charge on any atom is -0.345 e. The molecule has 3 rings (SSSR count). The van der Waals surface area contributed by atoms with Crippen LogP contribution in [0.5, 0.6) is 0 Å². The Bertz CT molecular complexity index is 829. The number of aryl methyl sites for hydroxylation is 2. The molecule has 0 saturated carbocycles. The predicted molar refractivity (Wildman–Crippen MR) is 88.1 cm³/mol. The summed E-state index contributed by atoms with van der Waals surface area (Å²) in [5.74, 6) is 0.816. The molecule has 0 saturated heterocycles. The van der Waals surface area contributed by atoms with Crippen LogP contribution in [0.1, 0.15) is 37.3 Å². The highest BCUT2D eigenvalue weighted by Gasteiger charge is 2.17. The van der Waals surface area contributed by atoms with Gasteiger partial charge in [0, 0.05) is 18.5 Å². The number of carbonyl (C=O) groups is 1. The van der Waals surface area contributed by atoms with Crippen LogP contribution in [0, 0.1) is 6.92 Å². The van der Waals surface area contributed by atoms with E-state index in [1.807, 2.05) is 38.1 Å². The summed E-state index contributed by atoms with van der Waals surface area (Å²) < 4.78 is 6.88. The van der Waals surface area contributed by atoms with Crippen molar-refractivity contribution in [2.24, 2.45) is 0 Å². The van der Waals surface area contributed by atoms with E-state index in [4.69, 9.17) is 4.52 Å². The summed E-state index contributed by atoms with van der Waals surface area (Å²) in [6, 6.07) is 7.45. The second-order valence-corrected chi connectivity index (χ2v) is 5.74. The molecule has 2 heterocycles. The zero-order valence-corrected chi connectivity index (χ0v) is 14.1. The lowest BCUT2D eigenvalue weighted by atomic mass is 10.1. The van der Waals surface area contributed by atoms with Gasteiger partial charge >= 0.3 is 0 Å². The molecule has 1 atom stereocenters. The number of hydrogen-bond acceptors (Lipinski definition) is 7. The molecule has 1 aromatic carbocycles. The summed E-state index contributed by atoms with van der Waals surface area (Å²) in [6.45, 7) is 4.39. The van der Waals surface area contributed by atoms with E-state index in [9.17, 15) is 4.79 Å². The summed E-state index contributed by atoms with van der Waals surface area (Å²) in [4.78, 5) is 16.4. The average molecular weight is 341 g/mol. The molecular weight excluding hydrogens is 322 g/mol. The first-order valence-corrected chi connectivity index (χ1v) is 8.03. The normalized spacial score (nSPS) is 12.1. The fraction of sp³-hybridized carbons (Fsp3) is 0.375. The topological polar surface area (TPSA) is 112 Å². The Morgan fingerprint density at radius 1 is 1.36 bits per heavy atom. The minimum atomic E-state index is -0.356. The van der Waals surface area contributed by atoms with Gasteiger partial charge in [0.15, 0.2) is 0 Å². The Balaban J connectivity index is 1.53. The molecule has 25 heavy (non-hydrogen) atoms. The third kappa shape index (κ3) is 4.25. The van der Waals surface area contributed by atoms with E-state index in [0.29, 0.717) is 31.1 Å². The van der Waals surface area contributed by atoms with E-state index < -0.39 is 0 Å². The Labute approximate surface area is 144 Å². The van der Waals surface area contributed by atoms with Gasteiger partial charge in [0.2, 0.25) is 17.6 Å². The van der Waals surface area contributed by atoms with Crippen molar-refractivity contribution in [1.82, 2.24) is 35.7 Å². The number of hydrogen-bond donors (Lipinski definition) is 1. The SMILES string of the molecule is Cc1ccccc1-c1noc(C(C)NC(=O)CCCn2cnnn2)n1. The van der Waals surface area contributed by atoms with Crippen molar-refractivity contribution in [1.29, 1.82) is 0 Å². The molecule has 1 amide bonds. The first-order valence-electron chi connectivity index (χ1n) is 8.03. The van der Waals surface area contributed by atoms with Crippen LogP contribution in [0.3, 0.4) is 0 Å². The molecule has 2 aromatic heterocycles. The number of nitrogens with one attached hydrogen (secondary N) is 1. The van der Waals surface area contributed by atoms with E-state index >= 15 is 0 Å². The number of carbonyl (C=O) groups excluding carboxylic acids is 1. The molecule has 1 N–H and O–H groups in total. The van der Waals surface area contributed by atoms with Gasteiger partial charge in [-0.1, -0.05) is 29.4 Å². The fourth-order valence-electron chi connectivity index (χ4n) is 2.40. The zero-order valence-electron chi connectivity index (χ0n) is 14.1. The number of tetrazole rings is 1. The van der Waals surface area contributed by atoms with Crippen molar-refractivity contribution in [2.75, 3.05) is 0 Å². The maximum absolute atomic E-state index is 12.0. The predicted octanol–water partition coefficient (Wildman–Crippen LogP) is 1.69. The third-order valence-electron chi connectivity index (χ3n) is 3.76. The van der Waals surface area contributed by atoms with E-state index in [1.54, 1.807) is 4.68 Å². The lowest BCUT2D eigenvalue weighted by Crippen LogP contribution is -2.26. The van der Waals surface area contributed by atoms with Crippen molar-refractivity contribution in [3.05, 3.63) is 42.0 Å². The van der Waals surface area contributed by atoms with Crippen LogP contribution >= 0.6 is 0 Å². The molecule has 0 aliphatic carbocycles. The van der Waals surface area contributed by atoms with Gasteiger partial charge in [0.1, 0.15) is 12.4 Å². The van der Waals surface area contributed by atoms with Gasteiger partial charge in [-0.2, -0.15) is 4.98 Å². The lowest BCUT2D eigenvalue weighted by Gasteiger charge is -2.09. The second-order valence-electron chi connectivity index (χ2n) is 5.74. The molecule has 0 aliphatic rings. The van der Waals surface area contributed by atoms with Crippen molar-refractivity contribution in [2.45, 2.75) is 39.3 Å². The maximum Gasteiger partial charge on any atom is 0.249 e. The third-order valence-corrected chi connectivity index (χ3v) is 3.76. The highest BCUT2D eigenvalue weighted by molar-refractivity contribution is 5.76. The van der Waals surface area contributed by atoms with Gasteiger partial charge in [-0.15, -0.1) is 5.10 Å². The van der Waals surface area contributed by atoms with Gasteiger partial charge in [-0.05, 0) is 36.3 Å². The van der Waals surface area contributed by atoms with Crippen LogP contribution in [-0.2, 0) is 11.3 Å². The maximum atomic E-state index is 12.0. The van der Waals surface area contributed by atoms with Crippen LogP contribution in [0.4, 0.5) is 0 Å². The standard InChI is InChI=1S/C16H19N7O2/c1-11-6-3-4-7-13(11)15-19-16(25-20-15)12(2)18-14(24)8-5-9-23-10-17-21-22-23/h3-4,6-7,10,12H,5,8-9H2,1-2H3,(H,18,24). The van der Waals surface area contributed by atoms with Crippen molar-refractivity contribution >= 4 is 5.91 Å². The Kier molecular flexibility index (Phi) is 5.12. The average Bonchev–Trinajstić information content (AvgIpc) is 3.27. The molecule has 0 fully saturated rings. The van der Waals surface area contributed by atoms with E-state index in [1.165, 1.54) is 6.33 Å². The molecule has 0 aliphatic heterocycles. The highest BCUT2D eigenvalue weighted by atomic mass is 16.5. The molecule has 1 unspecified atom stereocenters. The van der Waals surface area contributed by atoms with Gasteiger partial charge in [-0.3, -0.25) is 4.79 Å². The lowest BCUT2D eigenvalue weighted by molar-refractivity contribution is -0.122. The van der Waals surface area contributed by atoms with Crippen LogP contribution in [0.2, 0.25) is 0 Å². The molecule has 9 nitrogen and oxygen atoms in total. The van der Waals surface area contributed by atoms with E-state index in [0.717, 1.165) is 11.1 Å². The van der Waals surface area contributed by atoms with Crippen LogP contribution < -0.4 is 5.32 Å². The number of nitrogens with zero attached hydrogens (tertiary/aromatic N) is 6. The summed E-state index contributed by atoms with van der Waals surface area (Å²) >= 11 is 0. The number of amides is 1. The summed E-state index contributed by atoms with van der Waals surface area (Å²) in [6.07, 6.45) is 2.52. The Morgan fingerprint density at radius 2 is 2.20 bits per heavy atom. The first-order chi connectivity index (χ1) is 12.1. The molecule has 130 valence electrons. The molecule has 9 heteroatoms. The number of rotatable bonds is 7. The summed E-state index contributed by atoms with van der Waals surface area (Å²) in [5.41, 5.74) is 1.98. The molecule has 0 bridgehead atoms. The Morgan fingerprint density at radius 3 is 2.96 bits per heavy atom. The van der Waals surface area contributed by atoms with Gasteiger partial charge in [-0.25, -0.2) is 4.68 Å². The van der Waals surface area contributed by atoms with Gasteiger partial charge in [0.25, 0.3) is 0 Å². The minimum absolute atomic E-state index is 0.0868. The van der Waals surface area contributed by atoms with E-state index in [2.05, 4.69) is 31.0 Å². The fourth-order valence-corrected chi connectivity index (χ4v) is 2.40. The van der Waals surface area contributed by atoms with Crippen LogP contribution in [0.25, 0.3) is 11.4 Å². The molecule has 3 aromatic rings. The van der Waals surface area contributed by atoms with Gasteiger partial charge < -0.3 is 9.84 Å². The molecule has 0 spiro atoms. The zero-order chi connectivity index (χ0) is 17.6. The summed E-state index contributed by atoms with van der Waals surface area (Å²) in [7, 11) is 0. The van der Waals surface area contributed by atoms with Crippen molar-refractivity contribution in [3.63, 3.8) is 0 Å². The monoisotopic (exact) mass is 341 g/mol. The largest absolute Gasteiger partial charge is 0.345 e. The molecule has 0 radical (unpaired) electrons. The number of benzene rings is 1. The first kappa shape index (κ1) is 16.7. The molecular formula is C16H19N7O2. The highest BCUT2D eigenvalue weighted by Crippen LogP contribution is 2.21. The number of aromatic nitrogens is 6. The van der Waals surface area contributed by atoms with Crippen molar-refractivity contribution in [3.8, 4) is 11.4 Å². The van der Waals surface area contributed by atoms with E-state index in [-0.39, 0.29) is 11.9 Å².